The minimum absolute atomic E-state index is 0.109. The number of nitrogens with zero attached hydrogens (tertiary/aromatic N) is 3. The van der Waals surface area contributed by atoms with E-state index in [0.717, 1.165) is 16.4 Å². The molecule has 1 saturated heterocycles. The first-order valence-corrected chi connectivity index (χ1v) is 9.90. The normalized spacial score (nSPS) is 16.7. The Hall–Kier alpha value is -2.40. The van der Waals surface area contributed by atoms with Crippen LogP contribution in [0.4, 0.5) is 13.2 Å². The number of rotatable bonds is 5. The van der Waals surface area contributed by atoms with E-state index in [2.05, 4.69) is 14.7 Å². The third-order valence-corrected chi connectivity index (χ3v) is 6.07. The molecular formula is C17H18F3N3O4S. The van der Waals surface area contributed by atoms with Crippen LogP contribution in [0.1, 0.15) is 18.7 Å². The smallest absolute Gasteiger partial charge is 0.474 e. The molecule has 1 aliphatic rings. The Morgan fingerprint density at radius 2 is 1.82 bits per heavy atom. The number of hydrogen-bond acceptors (Lipinski definition) is 6. The van der Waals surface area contributed by atoms with Gasteiger partial charge in [-0.2, -0.15) is 9.29 Å². The molecule has 0 radical (unpaired) electrons. The molecule has 0 unspecified atom stereocenters. The van der Waals surface area contributed by atoms with E-state index in [1.165, 1.54) is 12.1 Å². The molecule has 0 N–H and O–H groups in total. The van der Waals surface area contributed by atoms with E-state index in [1.54, 1.807) is 19.2 Å². The number of alkyl halides is 3. The maximum absolute atomic E-state index is 12.8. The van der Waals surface area contributed by atoms with Gasteiger partial charge in [-0.05, 0) is 31.9 Å². The van der Waals surface area contributed by atoms with Gasteiger partial charge in [0, 0.05) is 25.4 Å². The van der Waals surface area contributed by atoms with E-state index in [1.807, 2.05) is 0 Å². The number of sulfonamides is 1. The molecule has 0 aliphatic carbocycles. The van der Waals surface area contributed by atoms with Crippen molar-refractivity contribution >= 4 is 10.0 Å². The highest BCUT2D eigenvalue weighted by molar-refractivity contribution is 7.89. The predicted octanol–water partition coefficient (Wildman–Crippen LogP) is 2.92. The Labute approximate surface area is 160 Å². The predicted molar refractivity (Wildman–Crippen MR) is 92.3 cm³/mol. The summed E-state index contributed by atoms with van der Waals surface area (Å²) in [6.07, 6.45) is -2.91. The number of halogens is 3. The van der Waals surface area contributed by atoms with Gasteiger partial charge in [-0.15, -0.1) is 13.2 Å². The minimum atomic E-state index is -4.98. The van der Waals surface area contributed by atoms with Crippen LogP contribution in [0.3, 0.4) is 0 Å². The Balaban J connectivity index is 1.70. The van der Waals surface area contributed by atoms with Crippen molar-refractivity contribution in [2.45, 2.75) is 37.1 Å². The van der Waals surface area contributed by atoms with E-state index in [0.29, 0.717) is 24.5 Å². The van der Waals surface area contributed by atoms with Crippen molar-refractivity contribution in [1.82, 2.24) is 14.3 Å². The molecule has 1 fully saturated rings. The Bertz CT molecular complexity index is 929. The topological polar surface area (TPSA) is 81.6 Å². The third-order valence-electron chi connectivity index (χ3n) is 4.13. The van der Waals surface area contributed by atoms with Gasteiger partial charge < -0.3 is 9.47 Å². The fourth-order valence-corrected chi connectivity index (χ4v) is 4.46. The molecular weight excluding hydrogens is 399 g/mol. The molecule has 0 amide bonds. The number of ether oxygens (including phenoxy) is 2. The molecule has 152 valence electrons. The van der Waals surface area contributed by atoms with E-state index >= 15 is 0 Å². The van der Waals surface area contributed by atoms with Crippen LogP contribution >= 0.6 is 0 Å². The van der Waals surface area contributed by atoms with Crippen LogP contribution < -0.4 is 9.47 Å². The number of piperidine rings is 1. The van der Waals surface area contributed by atoms with Crippen molar-refractivity contribution < 1.29 is 31.1 Å². The molecule has 0 bridgehead atoms. The molecule has 3 rings (SSSR count). The Kier molecular flexibility index (Phi) is 5.75. The summed E-state index contributed by atoms with van der Waals surface area (Å²) in [5, 5.41) is 0. The summed E-state index contributed by atoms with van der Waals surface area (Å²) in [6, 6.07) is 6.32. The first-order valence-electron chi connectivity index (χ1n) is 8.46. The second-order valence-corrected chi connectivity index (χ2v) is 8.06. The second-order valence-electron chi connectivity index (χ2n) is 6.16. The van der Waals surface area contributed by atoms with Gasteiger partial charge in [-0.1, -0.05) is 12.1 Å². The first kappa shape index (κ1) is 20.3. The first-order chi connectivity index (χ1) is 13.1. The summed E-state index contributed by atoms with van der Waals surface area (Å²) >= 11 is 0. The number of benzene rings is 1. The van der Waals surface area contributed by atoms with Gasteiger partial charge in [-0.3, -0.25) is 0 Å². The number of hydrogen-bond donors (Lipinski definition) is 0. The molecule has 0 saturated carbocycles. The summed E-state index contributed by atoms with van der Waals surface area (Å²) in [6.45, 7) is 1.94. The van der Waals surface area contributed by atoms with Crippen molar-refractivity contribution in [3.05, 3.63) is 42.4 Å². The van der Waals surface area contributed by atoms with Gasteiger partial charge >= 0.3 is 6.36 Å². The van der Waals surface area contributed by atoms with Crippen molar-refractivity contribution in [1.29, 1.82) is 0 Å². The Morgan fingerprint density at radius 1 is 1.14 bits per heavy atom. The van der Waals surface area contributed by atoms with Gasteiger partial charge in [0.2, 0.25) is 15.9 Å². The summed E-state index contributed by atoms with van der Waals surface area (Å²) in [7, 11) is -4.14. The molecule has 11 heteroatoms. The molecule has 1 aromatic heterocycles. The standard InChI is InChI=1S/C17H18F3N3O4S/c1-12-21-9-6-16(22-12)26-13-7-10-23(11-8-13)28(24,25)15-5-3-2-4-14(15)27-17(18,19)20/h2-6,9,13H,7-8,10-11H2,1H3. The van der Waals surface area contributed by atoms with Gasteiger partial charge in [-0.25, -0.2) is 13.4 Å². The van der Waals surface area contributed by atoms with Crippen LogP contribution in [-0.2, 0) is 10.0 Å². The van der Waals surface area contributed by atoms with Crippen LogP contribution in [0.2, 0.25) is 0 Å². The van der Waals surface area contributed by atoms with Crippen LogP contribution in [0.15, 0.2) is 41.4 Å². The number of aromatic nitrogens is 2. The van der Waals surface area contributed by atoms with E-state index in [-0.39, 0.29) is 19.2 Å². The highest BCUT2D eigenvalue weighted by Gasteiger charge is 2.36. The van der Waals surface area contributed by atoms with Crippen LogP contribution in [0.5, 0.6) is 11.6 Å². The Morgan fingerprint density at radius 3 is 2.46 bits per heavy atom. The molecule has 28 heavy (non-hydrogen) atoms. The largest absolute Gasteiger partial charge is 0.573 e. The zero-order valence-corrected chi connectivity index (χ0v) is 15.7. The van der Waals surface area contributed by atoms with Crippen molar-refractivity contribution in [2.24, 2.45) is 0 Å². The zero-order chi connectivity index (χ0) is 20.4. The maximum Gasteiger partial charge on any atom is 0.573 e. The van der Waals surface area contributed by atoms with Gasteiger partial charge in [0.25, 0.3) is 0 Å². The second kappa shape index (κ2) is 7.92. The summed E-state index contributed by atoms with van der Waals surface area (Å²) < 4.78 is 74.1. The quantitative estimate of drug-likeness (QED) is 0.744. The maximum atomic E-state index is 12.8. The highest BCUT2D eigenvalue weighted by Crippen LogP contribution is 2.32. The lowest BCUT2D eigenvalue weighted by molar-refractivity contribution is -0.275. The molecule has 1 aromatic carbocycles. The molecule has 0 spiro atoms. The van der Waals surface area contributed by atoms with E-state index in [4.69, 9.17) is 4.74 Å². The van der Waals surface area contributed by atoms with Crippen LogP contribution in [0.25, 0.3) is 0 Å². The van der Waals surface area contributed by atoms with Crippen molar-refractivity contribution in [3.8, 4) is 11.6 Å². The lowest BCUT2D eigenvalue weighted by Crippen LogP contribution is -2.42. The monoisotopic (exact) mass is 417 g/mol. The lowest BCUT2D eigenvalue weighted by atomic mass is 10.1. The van der Waals surface area contributed by atoms with Gasteiger partial charge in [0.15, 0.2) is 0 Å². The van der Waals surface area contributed by atoms with Crippen molar-refractivity contribution in [3.63, 3.8) is 0 Å². The van der Waals surface area contributed by atoms with Crippen LogP contribution in [-0.4, -0.2) is 48.2 Å². The molecule has 2 aromatic rings. The number of para-hydroxylation sites is 1. The summed E-state index contributed by atoms with van der Waals surface area (Å²) in [5.74, 6) is 0.210. The SMILES string of the molecule is Cc1nccc(OC2CCN(S(=O)(=O)c3ccccc3OC(F)(F)F)CC2)n1. The summed E-state index contributed by atoms with van der Waals surface area (Å²) in [5.41, 5.74) is 0. The third kappa shape index (κ3) is 4.90. The minimum Gasteiger partial charge on any atom is -0.474 e. The molecule has 7 nitrogen and oxygen atoms in total. The average molecular weight is 417 g/mol. The van der Waals surface area contributed by atoms with E-state index < -0.39 is 27.0 Å². The van der Waals surface area contributed by atoms with Crippen LogP contribution in [0, 0.1) is 6.92 Å². The fraction of sp³-hybridized carbons (Fsp3) is 0.412. The fourth-order valence-electron chi connectivity index (χ4n) is 2.87. The molecule has 0 atom stereocenters. The van der Waals surface area contributed by atoms with E-state index in [9.17, 15) is 21.6 Å². The zero-order valence-electron chi connectivity index (χ0n) is 14.9. The molecule has 2 heterocycles. The van der Waals surface area contributed by atoms with Gasteiger partial charge in [0.1, 0.15) is 22.6 Å². The highest BCUT2D eigenvalue weighted by atomic mass is 32.2. The average Bonchev–Trinajstić information content (AvgIpc) is 2.61. The lowest BCUT2D eigenvalue weighted by Gasteiger charge is -2.31. The van der Waals surface area contributed by atoms with Crippen molar-refractivity contribution in [2.75, 3.05) is 13.1 Å². The summed E-state index contributed by atoms with van der Waals surface area (Å²) in [4.78, 5) is 7.60. The molecule has 1 aliphatic heterocycles. The number of aryl methyl sites for hydroxylation is 1. The van der Waals surface area contributed by atoms with Gasteiger partial charge in [0.05, 0.1) is 0 Å².